The highest BCUT2D eigenvalue weighted by Crippen LogP contribution is 2.36. The standard InChI is InChI=1S/C18H13/c1-11-10-15-7-6-13-4-3-5-14-8-9-16(12(11)2)18(15)17(13)14/h3-9H,1-2H3. The van der Waals surface area contributed by atoms with Crippen LogP contribution in [-0.2, 0) is 0 Å². The summed E-state index contributed by atoms with van der Waals surface area (Å²) in [5, 5.41) is 7.99. The summed E-state index contributed by atoms with van der Waals surface area (Å²) in [5.41, 5.74) is 2.60. The van der Waals surface area contributed by atoms with Crippen LogP contribution in [-0.4, -0.2) is 0 Å². The maximum absolute atomic E-state index is 3.52. The van der Waals surface area contributed by atoms with Crippen LogP contribution < -0.4 is 0 Å². The zero-order chi connectivity index (χ0) is 12.3. The van der Waals surface area contributed by atoms with Gasteiger partial charge < -0.3 is 0 Å². The minimum absolute atomic E-state index is 1.23. The number of hydrogen-bond donors (Lipinski definition) is 0. The predicted octanol–water partition coefficient (Wildman–Crippen LogP) is 5.00. The molecule has 85 valence electrons. The lowest BCUT2D eigenvalue weighted by Crippen LogP contribution is -1.89. The van der Waals surface area contributed by atoms with Crippen molar-refractivity contribution >= 4 is 32.3 Å². The van der Waals surface area contributed by atoms with Crippen LogP contribution >= 0.6 is 0 Å². The zero-order valence-electron chi connectivity index (χ0n) is 10.5. The van der Waals surface area contributed by atoms with Gasteiger partial charge in [0, 0.05) is 0 Å². The summed E-state index contributed by atoms with van der Waals surface area (Å²) in [6.45, 7) is 4.33. The van der Waals surface area contributed by atoms with Gasteiger partial charge in [-0.25, -0.2) is 0 Å². The molecule has 0 saturated heterocycles. The lowest BCUT2D eigenvalue weighted by atomic mass is 9.90. The molecule has 0 saturated carbocycles. The lowest BCUT2D eigenvalue weighted by Gasteiger charge is -2.13. The Balaban J connectivity index is 2.46. The number of rotatable bonds is 0. The zero-order valence-corrected chi connectivity index (χ0v) is 10.5. The van der Waals surface area contributed by atoms with Gasteiger partial charge >= 0.3 is 0 Å². The van der Waals surface area contributed by atoms with Crippen LogP contribution in [0.5, 0.6) is 0 Å². The summed E-state index contributed by atoms with van der Waals surface area (Å²) >= 11 is 0. The monoisotopic (exact) mass is 229 g/mol. The van der Waals surface area contributed by atoms with E-state index in [4.69, 9.17) is 0 Å². The lowest BCUT2D eigenvalue weighted by molar-refractivity contribution is 1.38. The SMILES string of the molecule is Cc1[c]c2ccc3cccc4ccc(c1C)c2c34. The summed E-state index contributed by atoms with van der Waals surface area (Å²) in [7, 11) is 0. The first kappa shape index (κ1) is 9.90. The molecule has 0 amide bonds. The van der Waals surface area contributed by atoms with E-state index >= 15 is 0 Å². The van der Waals surface area contributed by atoms with Crippen LogP contribution in [0.4, 0.5) is 0 Å². The molecule has 0 bridgehead atoms. The quantitative estimate of drug-likeness (QED) is 0.372. The average Bonchev–Trinajstić information content (AvgIpc) is 2.40. The van der Waals surface area contributed by atoms with Crippen molar-refractivity contribution in [2.75, 3.05) is 0 Å². The minimum atomic E-state index is 1.23. The number of benzene rings is 4. The molecule has 0 nitrogen and oxygen atoms in total. The second-order valence-electron chi connectivity index (χ2n) is 5.06. The Kier molecular flexibility index (Phi) is 1.78. The van der Waals surface area contributed by atoms with Crippen molar-refractivity contribution in [3.63, 3.8) is 0 Å². The van der Waals surface area contributed by atoms with Gasteiger partial charge in [0.25, 0.3) is 0 Å². The first-order valence-electron chi connectivity index (χ1n) is 6.32. The Morgan fingerprint density at radius 1 is 0.778 bits per heavy atom. The van der Waals surface area contributed by atoms with Crippen LogP contribution in [0.25, 0.3) is 32.3 Å². The summed E-state index contributed by atoms with van der Waals surface area (Å²) < 4.78 is 0. The van der Waals surface area contributed by atoms with E-state index < -0.39 is 0 Å². The highest BCUT2D eigenvalue weighted by atomic mass is 14.1. The number of hydrogen-bond acceptors (Lipinski definition) is 0. The maximum Gasteiger partial charge on any atom is -0.00177 e. The van der Waals surface area contributed by atoms with Crippen molar-refractivity contribution < 1.29 is 0 Å². The van der Waals surface area contributed by atoms with Crippen LogP contribution in [0.1, 0.15) is 11.1 Å². The first-order chi connectivity index (χ1) is 8.75. The van der Waals surface area contributed by atoms with Gasteiger partial charge in [-0.05, 0) is 63.4 Å². The molecular formula is C18H13. The van der Waals surface area contributed by atoms with Gasteiger partial charge in [0.1, 0.15) is 0 Å². The molecule has 0 heterocycles. The van der Waals surface area contributed by atoms with Crippen molar-refractivity contribution in [1.82, 2.24) is 0 Å². The van der Waals surface area contributed by atoms with Gasteiger partial charge in [-0.2, -0.15) is 0 Å². The van der Waals surface area contributed by atoms with E-state index in [9.17, 15) is 0 Å². The highest BCUT2D eigenvalue weighted by molar-refractivity contribution is 6.23. The second kappa shape index (κ2) is 3.23. The molecule has 0 unspecified atom stereocenters. The summed E-state index contributed by atoms with van der Waals surface area (Å²) in [4.78, 5) is 0. The molecule has 4 aromatic rings. The predicted molar refractivity (Wildman–Crippen MR) is 78.5 cm³/mol. The van der Waals surface area contributed by atoms with Gasteiger partial charge in [0.15, 0.2) is 0 Å². The van der Waals surface area contributed by atoms with Crippen LogP contribution in [0.2, 0.25) is 0 Å². The van der Waals surface area contributed by atoms with Gasteiger partial charge in [0.2, 0.25) is 0 Å². The van der Waals surface area contributed by atoms with E-state index in [1.807, 2.05) is 0 Å². The highest BCUT2D eigenvalue weighted by Gasteiger charge is 2.10. The van der Waals surface area contributed by atoms with Crippen LogP contribution in [0.15, 0.2) is 42.5 Å². The summed E-state index contributed by atoms with van der Waals surface area (Å²) in [6.07, 6.45) is 0. The molecule has 4 rings (SSSR count). The minimum Gasteiger partial charge on any atom is -0.0610 e. The van der Waals surface area contributed by atoms with E-state index in [1.165, 1.54) is 43.4 Å². The molecule has 0 aliphatic heterocycles. The van der Waals surface area contributed by atoms with Gasteiger partial charge in [0.05, 0.1) is 0 Å². The third-order valence-corrected chi connectivity index (χ3v) is 4.07. The molecule has 0 heteroatoms. The fourth-order valence-corrected chi connectivity index (χ4v) is 3.00. The molecule has 0 spiro atoms. The smallest absolute Gasteiger partial charge is 0.00177 e. The second-order valence-corrected chi connectivity index (χ2v) is 5.06. The van der Waals surface area contributed by atoms with Crippen LogP contribution in [0, 0.1) is 19.9 Å². The molecule has 18 heavy (non-hydrogen) atoms. The van der Waals surface area contributed by atoms with Crippen molar-refractivity contribution in [3.05, 3.63) is 59.7 Å². The van der Waals surface area contributed by atoms with E-state index in [2.05, 4.69) is 62.4 Å². The molecule has 4 aromatic carbocycles. The molecular weight excluding hydrogens is 216 g/mol. The van der Waals surface area contributed by atoms with Crippen molar-refractivity contribution in [2.45, 2.75) is 13.8 Å². The van der Waals surface area contributed by atoms with Crippen molar-refractivity contribution in [2.24, 2.45) is 0 Å². The normalized spacial score (nSPS) is 11.9. The van der Waals surface area contributed by atoms with E-state index in [1.54, 1.807) is 0 Å². The Morgan fingerprint density at radius 2 is 1.50 bits per heavy atom. The topological polar surface area (TPSA) is 0 Å². The molecule has 0 aliphatic carbocycles. The molecule has 0 aliphatic rings. The van der Waals surface area contributed by atoms with E-state index in [-0.39, 0.29) is 0 Å². The van der Waals surface area contributed by atoms with E-state index in [0.29, 0.717) is 0 Å². The third kappa shape index (κ3) is 1.10. The summed E-state index contributed by atoms with van der Waals surface area (Å²) in [6, 6.07) is 18.9. The van der Waals surface area contributed by atoms with E-state index in [0.717, 1.165) is 0 Å². The summed E-state index contributed by atoms with van der Waals surface area (Å²) in [5.74, 6) is 0. The Bertz CT molecular complexity index is 869. The Labute approximate surface area is 106 Å². The Morgan fingerprint density at radius 3 is 2.28 bits per heavy atom. The first-order valence-corrected chi connectivity index (χ1v) is 6.32. The van der Waals surface area contributed by atoms with Crippen LogP contribution in [0.3, 0.4) is 0 Å². The fraction of sp³-hybridized carbons (Fsp3) is 0.111. The fourth-order valence-electron chi connectivity index (χ4n) is 3.00. The molecule has 1 radical (unpaired) electrons. The maximum atomic E-state index is 3.52. The van der Waals surface area contributed by atoms with Crippen molar-refractivity contribution in [3.8, 4) is 0 Å². The van der Waals surface area contributed by atoms with Gasteiger partial charge in [-0.3, -0.25) is 0 Å². The molecule has 0 N–H and O–H groups in total. The van der Waals surface area contributed by atoms with Crippen molar-refractivity contribution in [1.29, 1.82) is 0 Å². The molecule has 0 atom stereocenters. The molecule has 0 fully saturated rings. The largest absolute Gasteiger partial charge is 0.0610 e. The van der Waals surface area contributed by atoms with Gasteiger partial charge in [-0.1, -0.05) is 42.5 Å². The Hall–Kier alpha value is -2.08. The molecule has 0 aromatic heterocycles. The van der Waals surface area contributed by atoms with Gasteiger partial charge in [-0.15, -0.1) is 0 Å². The third-order valence-electron chi connectivity index (χ3n) is 4.07. The average molecular weight is 229 g/mol. The number of aryl methyl sites for hydroxylation is 2.